The van der Waals surface area contributed by atoms with Gasteiger partial charge in [0.2, 0.25) is 0 Å². The summed E-state index contributed by atoms with van der Waals surface area (Å²) in [5, 5.41) is -2.82. The van der Waals surface area contributed by atoms with Crippen molar-refractivity contribution in [1.29, 1.82) is 0 Å². The second-order valence-electron chi connectivity index (χ2n) is 9.41. The van der Waals surface area contributed by atoms with Crippen molar-refractivity contribution in [2.45, 2.75) is 0 Å². The lowest BCUT2D eigenvalue weighted by Crippen LogP contribution is -2.17. The van der Waals surface area contributed by atoms with Gasteiger partial charge in [0.1, 0.15) is 32.1 Å². The highest BCUT2D eigenvalue weighted by molar-refractivity contribution is 7.74. The molecule has 6 aromatic carbocycles. The number of halogens is 2. The first-order valence-corrected chi connectivity index (χ1v) is 15.0. The van der Waals surface area contributed by atoms with E-state index >= 15 is 0 Å². The van der Waals surface area contributed by atoms with Gasteiger partial charge in [-0.3, -0.25) is 28.3 Å². The topological polar surface area (TPSA) is 187 Å². The first-order chi connectivity index (χ1) is 21.0. The maximum atomic E-state index is 13.8. The molecule has 0 spiro atoms. The van der Waals surface area contributed by atoms with Crippen LogP contribution in [-0.4, -0.2) is 27.5 Å². The van der Waals surface area contributed by atoms with Crippen LogP contribution in [0.5, 0.6) is 11.5 Å². The van der Waals surface area contributed by atoms with Gasteiger partial charge in [0, 0.05) is 21.5 Å². The van der Waals surface area contributed by atoms with Crippen LogP contribution in [0.1, 0.15) is 0 Å². The number of hydrogen-bond donors (Lipinski definition) is 2. The van der Waals surface area contributed by atoms with Crippen LogP contribution < -0.4 is 30.1 Å². The van der Waals surface area contributed by atoms with Crippen LogP contribution in [0.4, 0.5) is 0 Å². The van der Waals surface area contributed by atoms with E-state index in [1.165, 1.54) is 48.5 Å². The van der Waals surface area contributed by atoms with E-state index in [9.17, 15) is 36.7 Å². The number of fused-ring (bicyclic) bond motifs is 8. The van der Waals surface area contributed by atoms with Crippen molar-refractivity contribution < 1.29 is 25.9 Å². The third kappa shape index (κ3) is 3.89. The first kappa shape index (κ1) is 28.3. The maximum Gasteiger partial charge on any atom is 0.357 e. The average molecular weight is 669 g/mol. The Hall–Kier alpha value is -4.44. The number of hydrogen-bond acceptors (Lipinski definition) is 10. The van der Waals surface area contributed by atoms with Crippen molar-refractivity contribution in [3.8, 4) is 11.5 Å². The normalized spacial score (nSPS) is 13.4. The summed E-state index contributed by atoms with van der Waals surface area (Å²) in [6.07, 6.45) is 0. The molecule has 218 valence electrons. The second-order valence-corrected chi connectivity index (χ2v) is 11.4. The van der Waals surface area contributed by atoms with E-state index in [-0.39, 0.29) is 43.6 Å². The van der Waals surface area contributed by atoms with Crippen molar-refractivity contribution in [3.63, 3.8) is 0 Å². The summed E-state index contributed by atoms with van der Waals surface area (Å²) in [4.78, 5) is 63.8. The largest absolute Gasteiger partial charge is 0.378 e. The third-order valence-corrected chi connectivity index (χ3v) is 8.51. The van der Waals surface area contributed by atoms with Gasteiger partial charge in [-0.1, -0.05) is 71.7 Å². The number of benzene rings is 6. The van der Waals surface area contributed by atoms with Gasteiger partial charge in [-0.15, -0.1) is 0 Å². The zero-order valence-electron chi connectivity index (χ0n) is 21.2. The Morgan fingerprint density at radius 2 is 0.818 bits per heavy atom. The quantitative estimate of drug-likeness (QED) is 0.156. The van der Waals surface area contributed by atoms with E-state index in [0.717, 1.165) is 0 Å². The fourth-order valence-electron chi connectivity index (χ4n) is 5.46. The fraction of sp³-hybridized carbons (Fsp3) is 0. The molecule has 1 aromatic heterocycles. The molecular weight excluding hydrogens is 659 g/mol. The van der Waals surface area contributed by atoms with Gasteiger partial charge in [0.15, 0.2) is 33.2 Å². The average Bonchev–Trinajstić information content (AvgIpc) is 3.00. The lowest BCUT2D eigenvalue weighted by molar-refractivity contribution is 0.458. The minimum atomic E-state index is -3.01. The summed E-state index contributed by atoms with van der Waals surface area (Å²) in [5.74, 6) is -1.28. The van der Waals surface area contributed by atoms with Crippen molar-refractivity contribution in [2.75, 3.05) is 0 Å². The molecule has 2 unspecified atom stereocenters. The molecule has 2 atom stereocenters. The van der Waals surface area contributed by atoms with E-state index in [1.807, 2.05) is 0 Å². The molecule has 2 N–H and O–H groups in total. The Morgan fingerprint density at radius 1 is 0.523 bits per heavy atom. The van der Waals surface area contributed by atoms with Gasteiger partial charge in [-0.2, -0.15) is 8.42 Å². The summed E-state index contributed by atoms with van der Waals surface area (Å²) >= 11 is 7.20. The van der Waals surface area contributed by atoms with E-state index in [2.05, 4.69) is 9.97 Å². The summed E-state index contributed by atoms with van der Waals surface area (Å²) in [6.45, 7) is 0. The van der Waals surface area contributed by atoms with Gasteiger partial charge < -0.3 is 8.37 Å². The van der Waals surface area contributed by atoms with Crippen LogP contribution in [0.25, 0.3) is 65.2 Å². The third-order valence-electron chi connectivity index (χ3n) is 7.19. The van der Waals surface area contributed by atoms with Crippen LogP contribution in [0.15, 0.2) is 67.7 Å². The molecule has 7 rings (SSSR count). The van der Waals surface area contributed by atoms with Gasteiger partial charge in [0.05, 0.1) is 21.5 Å². The highest BCUT2D eigenvalue weighted by atomic mass is 35.5. The molecule has 0 saturated heterocycles. The summed E-state index contributed by atoms with van der Waals surface area (Å²) in [6, 6.07) is 11.6. The highest BCUT2D eigenvalue weighted by Gasteiger charge is 2.29. The Balaban J connectivity index is 1.83. The second kappa shape index (κ2) is 10.1. The minimum absolute atomic E-state index is 0.0137. The van der Waals surface area contributed by atoms with Crippen LogP contribution in [0.2, 0.25) is 10.0 Å². The van der Waals surface area contributed by atoms with Gasteiger partial charge in [0.25, 0.3) is 0 Å². The lowest BCUT2D eigenvalue weighted by atomic mass is 9.98. The van der Waals surface area contributed by atoms with Crippen LogP contribution in [-0.2, 0) is 22.7 Å². The van der Waals surface area contributed by atoms with Crippen LogP contribution in [0, 0.1) is 0 Å². The van der Waals surface area contributed by atoms with Crippen LogP contribution in [0.3, 0.4) is 0 Å². The molecule has 0 bridgehead atoms. The molecule has 12 nitrogen and oxygen atoms in total. The first-order valence-electron chi connectivity index (χ1n) is 12.2. The Bertz CT molecular complexity index is 2560. The molecule has 0 amide bonds. The summed E-state index contributed by atoms with van der Waals surface area (Å²) in [7, 11) is 0. The van der Waals surface area contributed by atoms with Gasteiger partial charge in [-0.05, 0) is 0 Å². The Kier molecular flexibility index (Phi) is 6.47. The number of nitrogens with zero attached hydrogens (tertiary/aromatic N) is 2. The number of rotatable bonds is 4. The fourth-order valence-corrected chi connectivity index (χ4v) is 6.70. The molecule has 16 heteroatoms. The van der Waals surface area contributed by atoms with E-state index in [0.29, 0.717) is 0 Å². The molecule has 1 heterocycles. The Labute approximate surface area is 257 Å². The minimum Gasteiger partial charge on any atom is -0.378 e. The molecule has 0 saturated carbocycles. The molecule has 0 fully saturated rings. The molecule has 0 aliphatic carbocycles. The zero-order valence-corrected chi connectivity index (χ0v) is 24.4. The zero-order chi connectivity index (χ0) is 31.2. The SMILES string of the molecule is O=c1c2ccccc2c(=O)c2c1c(OS(=O)O)c(Cl)c1nc3c(nc12)c(Cl)c(OS(=O)O)c1c(=O)c2ccccc2c(=O)c13. The molecule has 0 aliphatic rings. The van der Waals surface area contributed by atoms with Crippen LogP contribution >= 0.6 is 23.2 Å². The standard InChI is InChI=1S/C28H10Cl2N2O10S2/c29-17-21-19(13-15(27(17)41-43(37)38)25(35)11-7-3-1-5-9(11)23(13)33)31-22-18(30)28(42-44(39)40)16-14(20(22)32-21)24(34)10-6-2-4-8-12(10)26(16)36/h1-8H,(H,37,38)(H,39,40). The maximum absolute atomic E-state index is 13.8. The van der Waals surface area contributed by atoms with E-state index in [1.54, 1.807) is 0 Å². The number of aromatic nitrogens is 2. The lowest BCUT2D eigenvalue weighted by Gasteiger charge is -2.15. The monoisotopic (exact) mass is 668 g/mol. The molecule has 0 aliphatic heterocycles. The molecule has 44 heavy (non-hydrogen) atoms. The highest BCUT2D eigenvalue weighted by Crippen LogP contribution is 2.43. The smallest absolute Gasteiger partial charge is 0.357 e. The predicted molar refractivity (Wildman–Crippen MR) is 167 cm³/mol. The summed E-state index contributed by atoms with van der Waals surface area (Å²) < 4.78 is 52.7. The van der Waals surface area contributed by atoms with Crippen molar-refractivity contribution in [3.05, 3.63) is 99.5 Å². The van der Waals surface area contributed by atoms with Gasteiger partial charge in [-0.25, -0.2) is 9.97 Å². The summed E-state index contributed by atoms with van der Waals surface area (Å²) in [5.41, 5.74) is -4.30. The molecule has 0 radical (unpaired) electrons. The van der Waals surface area contributed by atoms with Gasteiger partial charge >= 0.3 is 22.7 Å². The molecule has 7 aromatic rings. The predicted octanol–water partition coefficient (Wildman–Crippen LogP) is 4.05. The molecular formula is C28H10Cl2N2O10S2. The van der Waals surface area contributed by atoms with Crippen molar-refractivity contribution in [1.82, 2.24) is 9.97 Å². The van der Waals surface area contributed by atoms with E-state index in [4.69, 9.17) is 31.6 Å². The van der Waals surface area contributed by atoms with Crippen molar-refractivity contribution >= 4 is 111 Å². The Morgan fingerprint density at radius 3 is 1.11 bits per heavy atom. The van der Waals surface area contributed by atoms with E-state index < -0.39 is 87.5 Å². The van der Waals surface area contributed by atoms with Crippen molar-refractivity contribution in [2.24, 2.45) is 0 Å².